The van der Waals surface area contributed by atoms with Crippen LogP contribution in [0.1, 0.15) is 51.3 Å². The summed E-state index contributed by atoms with van der Waals surface area (Å²) < 4.78 is 2.06. The Morgan fingerprint density at radius 2 is 2.19 bits per heavy atom. The predicted octanol–water partition coefficient (Wildman–Crippen LogP) is 3.41. The molecule has 3 rings (SSSR count). The van der Waals surface area contributed by atoms with Crippen molar-refractivity contribution in [2.45, 2.75) is 57.9 Å². The molecule has 2 aromatic heterocycles. The SMILES string of the molecule is CCC1CCCC(NC(=NC)NCCCc2nnc3ccccn23)C1.I. The van der Waals surface area contributed by atoms with Crippen LogP contribution in [0.5, 0.6) is 0 Å². The number of aliphatic imine (C=N–C) groups is 1. The van der Waals surface area contributed by atoms with Crippen LogP contribution in [0.4, 0.5) is 0 Å². The van der Waals surface area contributed by atoms with E-state index in [0.29, 0.717) is 6.04 Å². The van der Waals surface area contributed by atoms with Gasteiger partial charge in [0.1, 0.15) is 5.82 Å². The Bertz CT molecular complexity index is 698. The van der Waals surface area contributed by atoms with Crippen LogP contribution >= 0.6 is 24.0 Å². The zero-order valence-electron chi connectivity index (χ0n) is 15.8. The zero-order valence-corrected chi connectivity index (χ0v) is 18.1. The molecule has 2 atom stereocenters. The maximum absolute atomic E-state index is 4.38. The molecule has 26 heavy (non-hydrogen) atoms. The van der Waals surface area contributed by atoms with Crippen molar-refractivity contribution < 1.29 is 0 Å². The second-order valence-electron chi connectivity index (χ2n) is 6.93. The monoisotopic (exact) mass is 470 g/mol. The lowest BCUT2D eigenvalue weighted by molar-refractivity contribution is 0.298. The molecule has 0 bridgehead atoms. The van der Waals surface area contributed by atoms with Gasteiger partial charge in [-0.15, -0.1) is 34.2 Å². The summed E-state index contributed by atoms with van der Waals surface area (Å²) in [6.07, 6.45) is 10.4. The van der Waals surface area contributed by atoms with Crippen molar-refractivity contribution in [2.75, 3.05) is 13.6 Å². The van der Waals surface area contributed by atoms with E-state index in [0.717, 1.165) is 42.7 Å². The summed E-state index contributed by atoms with van der Waals surface area (Å²) in [5.74, 6) is 2.80. The highest BCUT2D eigenvalue weighted by Gasteiger charge is 2.21. The molecule has 1 aliphatic carbocycles. The number of hydrogen-bond acceptors (Lipinski definition) is 3. The van der Waals surface area contributed by atoms with E-state index in [1.807, 2.05) is 31.4 Å². The van der Waals surface area contributed by atoms with Crippen LogP contribution in [0.3, 0.4) is 0 Å². The van der Waals surface area contributed by atoms with Gasteiger partial charge in [0.05, 0.1) is 0 Å². The minimum Gasteiger partial charge on any atom is -0.356 e. The number of nitrogens with one attached hydrogen (secondary N) is 2. The smallest absolute Gasteiger partial charge is 0.191 e. The summed E-state index contributed by atoms with van der Waals surface area (Å²) in [7, 11) is 1.85. The minimum absolute atomic E-state index is 0. The Kier molecular flexibility index (Phi) is 8.61. The van der Waals surface area contributed by atoms with Crippen LogP contribution in [0.25, 0.3) is 5.65 Å². The van der Waals surface area contributed by atoms with Crippen LogP contribution in [0, 0.1) is 5.92 Å². The predicted molar refractivity (Wildman–Crippen MR) is 117 cm³/mol. The molecule has 1 aliphatic rings. The highest BCUT2D eigenvalue weighted by Crippen LogP contribution is 2.26. The van der Waals surface area contributed by atoms with Crippen molar-refractivity contribution in [1.82, 2.24) is 25.2 Å². The van der Waals surface area contributed by atoms with Gasteiger partial charge in [-0.1, -0.05) is 32.3 Å². The molecule has 0 saturated heterocycles. The van der Waals surface area contributed by atoms with Gasteiger partial charge in [-0.25, -0.2) is 0 Å². The van der Waals surface area contributed by atoms with Gasteiger partial charge in [0.15, 0.2) is 11.6 Å². The Morgan fingerprint density at radius 1 is 1.31 bits per heavy atom. The summed E-state index contributed by atoms with van der Waals surface area (Å²) in [4.78, 5) is 4.38. The van der Waals surface area contributed by atoms with E-state index in [2.05, 4.69) is 37.1 Å². The molecular formula is C19H31IN6. The Hall–Kier alpha value is -1.38. The van der Waals surface area contributed by atoms with Crippen molar-refractivity contribution in [3.05, 3.63) is 30.2 Å². The fourth-order valence-corrected chi connectivity index (χ4v) is 3.70. The molecule has 0 aromatic carbocycles. The molecular weight excluding hydrogens is 439 g/mol. The maximum Gasteiger partial charge on any atom is 0.191 e. The maximum atomic E-state index is 4.38. The summed E-state index contributed by atoms with van der Waals surface area (Å²) >= 11 is 0. The van der Waals surface area contributed by atoms with Crippen molar-refractivity contribution in [1.29, 1.82) is 0 Å². The third-order valence-corrected chi connectivity index (χ3v) is 5.18. The third-order valence-electron chi connectivity index (χ3n) is 5.18. The standard InChI is InChI=1S/C19H30N6.HI/c1-3-15-8-6-9-16(14-15)22-19(20-2)21-12-7-11-18-24-23-17-10-4-5-13-25(17)18;/h4-5,10,13,15-16H,3,6-9,11-12,14H2,1-2H3,(H2,20,21,22);1H. The van der Waals surface area contributed by atoms with Crippen molar-refractivity contribution in [2.24, 2.45) is 10.9 Å². The number of guanidine groups is 1. The lowest BCUT2D eigenvalue weighted by atomic mass is 9.84. The van der Waals surface area contributed by atoms with E-state index in [4.69, 9.17) is 0 Å². The molecule has 2 N–H and O–H groups in total. The van der Waals surface area contributed by atoms with Gasteiger partial charge in [0.2, 0.25) is 0 Å². The van der Waals surface area contributed by atoms with Crippen LogP contribution in [-0.2, 0) is 6.42 Å². The van der Waals surface area contributed by atoms with E-state index >= 15 is 0 Å². The molecule has 0 radical (unpaired) electrons. The second kappa shape index (κ2) is 10.7. The zero-order chi connectivity index (χ0) is 17.5. The molecule has 1 saturated carbocycles. The molecule has 2 unspecified atom stereocenters. The number of fused-ring (bicyclic) bond motifs is 1. The number of aromatic nitrogens is 3. The number of pyridine rings is 1. The van der Waals surface area contributed by atoms with Crippen LogP contribution in [0.2, 0.25) is 0 Å². The first kappa shape index (κ1) is 20.9. The molecule has 0 spiro atoms. The fourth-order valence-electron chi connectivity index (χ4n) is 3.70. The normalized spacial score (nSPS) is 20.6. The van der Waals surface area contributed by atoms with Crippen molar-refractivity contribution >= 4 is 35.6 Å². The number of rotatable bonds is 6. The third kappa shape index (κ3) is 5.56. The van der Waals surface area contributed by atoms with Gasteiger partial charge in [-0.2, -0.15) is 0 Å². The van der Waals surface area contributed by atoms with E-state index in [-0.39, 0.29) is 24.0 Å². The van der Waals surface area contributed by atoms with Crippen LogP contribution in [-0.4, -0.2) is 40.2 Å². The van der Waals surface area contributed by atoms with Gasteiger partial charge in [0.25, 0.3) is 0 Å². The topological polar surface area (TPSA) is 66.6 Å². The molecule has 0 amide bonds. The minimum atomic E-state index is 0. The molecule has 2 aromatic rings. The van der Waals surface area contributed by atoms with Crippen LogP contribution < -0.4 is 10.6 Å². The first-order valence-corrected chi connectivity index (χ1v) is 9.56. The number of aryl methyl sites for hydroxylation is 1. The first-order valence-electron chi connectivity index (χ1n) is 9.56. The van der Waals surface area contributed by atoms with Gasteiger partial charge < -0.3 is 10.6 Å². The summed E-state index contributed by atoms with van der Waals surface area (Å²) in [6, 6.07) is 6.54. The Balaban J connectivity index is 0.00000243. The van der Waals surface area contributed by atoms with Gasteiger partial charge in [0, 0.05) is 32.3 Å². The molecule has 7 heteroatoms. The van der Waals surface area contributed by atoms with E-state index in [1.165, 1.54) is 32.1 Å². The highest BCUT2D eigenvalue weighted by molar-refractivity contribution is 14.0. The summed E-state index contributed by atoms with van der Waals surface area (Å²) in [6.45, 7) is 3.18. The highest BCUT2D eigenvalue weighted by atomic mass is 127. The molecule has 6 nitrogen and oxygen atoms in total. The van der Waals surface area contributed by atoms with Crippen LogP contribution in [0.15, 0.2) is 29.4 Å². The quantitative estimate of drug-likeness (QED) is 0.294. The first-order chi connectivity index (χ1) is 12.3. The number of hydrogen-bond donors (Lipinski definition) is 2. The molecule has 2 heterocycles. The Morgan fingerprint density at radius 3 is 3.00 bits per heavy atom. The lowest BCUT2D eigenvalue weighted by Crippen LogP contribution is -2.45. The van der Waals surface area contributed by atoms with E-state index in [9.17, 15) is 0 Å². The number of nitrogens with zero attached hydrogens (tertiary/aromatic N) is 4. The fraction of sp³-hybridized carbons (Fsp3) is 0.632. The average molecular weight is 470 g/mol. The average Bonchev–Trinajstić information content (AvgIpc) is 3.07. The van der Waals surface area contributed by atoms with Crippen molar-refractivity contribution in [3.8, 4) is 0 Å². The molecule has 0 aliphatic heterocycles. The lowest BCUT2D eigenvalue weighted by Gasteiger charge is -2.30. The van der Waals surface area contributed by atoms with Gasteiger partial charge in [-0.3, -0.25) is 9.39 Å². The largest absolute Gasteiger partial charge is 0.356 e. The van der Waals surface area contributed by atoms with Crippen molar-refractivity contribution in [3.63, 3.8) is 0 Å². The Labute approximate surface area is 173 Å². The van der Waals surface area contributed by atoms with E-state index in [1.54, 1.807) is 0 Å². The summed E-state index contributed by atoms with van der Waals surface area (Å²) in [5.41, 5.74) is 0.908. The molecule has 144 valence electrons. The molecule has 1 fully saturated rings. The van der Waals surface area contributed by atoms with Gasteiger partial charge >= 0.3 is 0 Å². The summed E-state index contributed by atoms with van der Waals surface area (Å²) in [5, 5.41) is 15.5. The number of halogens is 1. The second-order valence-corrected chi connectivity index (χ2v) is 6.93. The van der Waals surface area contributed by atoms with Gasteiger partial charge in [-0.05, 0) is 37.3 Å². The van der Waals surface area contributed by atoms with E-state index < -0.39 is 0 Å².